The van der Waals surface area contributed by atoms with Crippen molar-refractivity contribution in [3.8, 4) is 0 Å². The van der Waals surface area contributed by atoms with Gasteiger partial charge in [-0.05, 0) is 35.0 Å². The van der Waals surface area contributed by atoms with Crippen LogP contribution in [0, 0.1) is 0 Å². The number of anilines is 3. The minimum Gasteiger partial charge on any atom is -0.364 e. The fraction of sp³-hybridized carbons (Fsp3) is 0. The number of fused-ring (bicyclic) bond motifs is 1. The van der Waals surface area contributed by atoms with E-state index in [1.807, 2.05) is 42.5 Å². The number of benzene rings is 2. The highest BCUT2D eigenvalue weighted by Crippen LogP contribution is 2.31. The highest BCUT2D eigenvalue weighted by molar-refractivity contribution is 7.20. The van der Waals surface area contributed by atoms with Crippen LogP contribution in [-0.2, 0) is 0 Å². The SMILES string of the molecule is NC(=O)c1nc(Nc2ccc3ccccc3c2)sc1NC(=O)c1ccc[nH]1. The van der Waals surface area contributed by atoms with Gasteiger partial charge in [-0.25, -0.2) is 4.98 Å². The number of aromatic amines is 1. The molecule has 2 heterocycles. The van der Waals surface area contributed by atoms with Crippen molar-refractivity contribution < 1.29 is 9.59 Å². The lowest BCUT2D eigenvalue weighted by atomic mass is 10.1. The minimum absolute atomic E-state index is 0.0168. The number of aromatic nitrogens is 2. The average Bonchev–Trinajstić information content (AvgIpc) is 3.32. The van der Waals surface area contributed by atoms with Crippen LogP contribution < -0.4 is 16.4 Å². The Morgan fingerprint density at radius 3 is 2.59 bits per heavy atom. The van der Waals surface area contributed by atoms with E-state index in [1.165, 1.54) is 0 Å². The normalized spacial score (nSPS) is 10.7. The number of nitrogens with two attached hydrogens (primary N) is 1. The standard InChI is InChI=1S/C19H15N5O2S/c20-16(25)15-18(24-17(26)14-6-3-9-21-14)27-19(23-15)22-13-8-7-11-4-1-2-5-12(11)10-13/h1-10,21H,(H2,20,25)(H,22,23)(H,24,26). The number of amides is 2. The Morgan fingerprint density at radius 1 is 1.04 bits per heavy atom. The highest BCUT2D eigenvalue weighted by atomic mass is 32.1. The summed E-state index contributed by atoms with van der Waals surface area (Å²) in [5, 5.41) is 8.79. The lowest BCUT2D eigenvalue weighted by molar-refractivity contribution is 0.0997. The molecular weight excluding hydrogens is 362 g/mol. The topological polar surface area (TPSA) is 113 Å². The van der Waals surface area contributed by atoms with Crippen LogP contribution in [0.1, 0.15) is 21.0 Å². The number of carbonyl (C=O) groups excluding carboxylic acids is 2. The Hall–Kier alpha value is -3.65. The summed E-state index contributed by atoms with van der Waals surface area (Å²) >= 11 is 1.14. The smallest absolute Gasteiger partial charge is 0.272 e. The van der Waals surface area contributed by atoms with Gasteiger partial charge in [-0.15, -0.1) is 0 Å². The first-order valence-electron chi connectivity index (χ1n) is 8.11. The van der Waals surface area contributed by atoms with E-state index in [-0.39, 0.29) is 11.6 Å². The molecule has 4 aromatic rings. The second kappa shape index (κ2) is 6.93. The number of hydrogen-bond acceptors (Lipinski definition) is 5. The Labute approximate surface area is 158 Å². The summed E-state index contributed by atoms with van der Waals surface area (Å²) in [6.07, 6.45) is 1.64. The van der Waals surface area contributed by atoms with E-state index >= 15 is 0 Å². The van der Waals surface area contributed by atoms with Gasteiger partial charge in [-0.2, -0.15) is 0 Å². The predicted molar refractivity (Wildman–Crippen MR) is 107 cm³/mol. The van der Waals surface area contributed by atoms with Crippen LogP contribution >= 0.6 is 11.3 Å². The maximum atomic E-state index is 12.2. The molecule has 5 N–H and O–H groups in total. The lowest BCUT2D eigenvalue weighted by Gasteiger charge is -2.04. The Bertz CT molecular complexity index is 1130. The number of primary amides is 1. The molecule has 2 aromatic heterocycles. The van der Waals surface area contributed by atoms with Crippen molar-refractivity contribution in [3.05, 3.63) is 72.2 Å². The summed E-state index contributed by atoms with van der Waals surface area (Å²) in [6, 6.07) is 17.2. The summed E-state index contributed by atoms with van der Waals surface area (Å²) < 4.78 is 0. The van der Waals surface area contributed by atoms with Crippen molar-refractivity contribution >= 4 is 49.7 Å². The summed E-state index contributed by atoms with van der Waals surface area (Å²) in [5.41, 5.74) is 6.62. The molecule has 0 spiro atoms. The van der Waals surface area contributed by atoms with Gasteiger partial charge < -0.3 is 21.4 Å². The van der Waals surface area contributed by atoms with Crippen molar-refractivity contribution in [1.82, 2.24) is 9.97 Å². The van der Waals surface area contributed by atoms with Crippen molar-refractivity contribution in [2.75, 3.05) is 10.6 Å². The van der Waals surface area contributed by atoms with E-state index < -0.39 is 5.91 Å². The number of rotatable bonds is 5. The number of nitrogens with one attached hydrogen (secondary N) is 3. The molecular formula is C19H15N5O2S. The maximum Gasteiger partial charge on any atom is 0.272 e. The third-order valence-electron chi connectivity index (χ3n) is 3.93. The van der Waals surface area contributed by atoms with Gasteiger partial charge in [-0.3, -0.25) is 9.59 Å². The molecule has 0 bridgehead atoms. The summed E-state index contributed by atoms with van der Waals surface area (Å²) in [6.45, 7) is 0. The third kappa shape index (κ3) is 3.51. The highest BCUT2D eigenvalue weighted by Gasteiger charge is 2.19. The van der Waals surface area contributed by atoms with Crippen LogP contribution in [0.2, 0.25) is 0 Å². The number of thiazole rings is 1. The van der Waals surface area contributed by atoms with Crippen LogP contribution in [-0.4, -0.2) is 21.8 Å². The molecule has 0 unspecified atom stereocenters. The minimum atomic E-state index is -0.709. The van der Waals surface area contributed by atoms with Crippen molar-refractivity contribution in [3.63, 3.8) is 0 Å². The molecule has 0 radical (unpaired) electrons. The molecule has 134 valence electrons. The van der Waals surface area contributed by atoms with Gasteiger partial charge in [0.1, 0.15) is 10.7 Å². The fourth-order valence-corrected chi connectivity index (χ4v) is 3.54. The van der Waals surface area contributed by atoms with Crippen molar-refractivity contribution in [1.29, 1.82) is 0 Å². The van der Waals surface area contributed by atoms with Gasteiger partial charge in [0, 0.05) is 11.9 Å². The molecule has 2 aromatic carbocycles. The zero-order valence-corrected chi connectivity index (χ0v) is 14.8. The van der Waals surface area contributed by atoms with Gasteiger partial charge in [0.15, 0.2) is 10.8 Å². The third-order valence-corrected chi connectivity index (χ3v) is 4.82. The monoisotopic (exact) mass is 377 g/mol. The Kier molecular flexibility index (Phi) is 4.31. The maximum absolute atomic E-state index is 12.2. The first-order chi connectivity index (χ1) is 13.1. The Morgan fingerprint density at radius 2 is 1.85 bits per heavy atom. The van der Waals surface area contributed by atoms with Crippen LogP contribution in [0.25, 0.3) is 10.8 Å². The zero-order chi connectivity index (χ0) is 18.8. The first kappa shape index (κ1) is 16.8. The van der Waals surface area contributed by atoms with E-state index in [0.29, 0.717) is 15.8 Å². The van der Waals surface area contributed by atoms with Crippen LogP contribution in [0.5, 0.6) is 0 Å². The van der Waals surface area contributed by atoms with Gasteiger partial charge in [0.25, 0.3) is 11.8 Å². The van der Waals surface area contributed by atoms with E-state index in [1.54, 1.807) is 18.3 Å². The van der Waals surface area contributed by atoms with E-state index in [2.05, 4.69) is 20.6 Å². The summed E-state index contributed by atoms with van der Waals surface area (Å²) in [5.74, 6) is -1.08. The van der Waals surface area contributed by atoms with Crippen LogP contribution in [0.4, 0.5) is 15.8 Å². The zero-order valence-electron chi connectivity index (χ0n) is 14.0. The fourth-order valence-electron chi connectivity index (χ4n) is 2.66. The lowest BCUT2D eigenvalue weighted by Crippen LogP contribution is -2.17. The molecule has 0 aliphatic rings. The second-order valence-electron chi connectivity index (χ2n) is 5.79. The molecule has 0 aliphatic carbocycles. The molecule has 0 atom stereocenters. The molecule has 8 heteroatoms. The average molecular weight is 377 g/mol. The predicted octanol–water partition coefficient (Wildman–Crippen LogP) is 3.72. The molecule has 2 amide bonds. The van der Waals surface area contributed by atoms with E-state index in [4.69, 9.17) is 5.73 Å². The molecule has 0 saturated carbocycles. The number of hydrogen-bond donors (Lipinski definition) is 4. The molecule has 4 rings (SSSR count). The van der Waals surface area contributed by atoms with Gasteiger partial charge in [-0.1, -0.05) is 41.7 Å². The molecule has 0 fully saturated rings. The van der Waals surface area contributed by atoms with Gasteiger partial charge in [0.05, 0.1) is 0 Å². The van der Waals surface area contributed by atoms with Crippen LogP contribution in [0.15, 0.2) is 60.8 Å². The quantitative estimate of drug-likeness (QED) is 0.424. The molecule has 7 nitrogen and oxygen atoms in total. The van der Waals surface area contributed by atoms with Crippen molar-refractivity contribution in [2.45, 2.75) is 0 Å². The van der Waals surface area contributed by atoms with E-state index in [0.717, 1.165) is 27.8 Å². The number of H-pyrrole nitrogens is 1. The number of nitrogens with zero attached hydrogens (tertiary/aromatic N) is 1. The molecule has 0 saturated heterocycles. The molecule has 27 heavy (non-hydrogen) atoms. The largest absolute Gasteiger partial charge is 0.364 e. The second-order valence-corrected chi connectivity index (χ2v) is 6.78. The summed E-state index contributed by atoms with van der Waals surface area (Å²) in [7, 11) is 0. The van der Waals surface area contributed by atoms with Crippen LogP contribution in [0.3, 0.4) is 0 Å². The summed E-state index contributed by atoms with van der Waals surface area (Å²) in [4.78, 5) is 31.0. The number of carbonyl (C=O) groups is 2. The first-order valence-corrected chi connectivity index (χ1v) is 8.93. The van der Waals surface area contributed by atoms with Gasteiger partial charge >= 0.3 is 0 Å². The Balaban J connectivity index is 1.61. The molecule has 0 aliphatic heterocycles. The van der Waals surface area contributed by atoms with Crippen molar-refractivity contribution in [2.24, 2.45) is 5.73 Å². The van der Waals surface area contributed by atoms with Gasteiger partial charge in [0.2, 0.25) is 0 Å². The van der Waals surface area contributed by atoms with E-state index in [9.17, 15) is 9.59 Å².